The standard InChI is InChI=1S/C13H15NO2S/c1-9-5-3-4-6-10(9)13-14-11(8-16-2)12(7-15)17-13/h3-6,15H,7-8H2,1-2H3. The monoisotopic (exact) mass is 249 g/mol. The van der Waals surface area contributed by atoms with Gasteiger partial charge in [0.2, 0.25) is 0 Å². The lowest BCUT2D eigenvalue weighted by Gasteiger charge is -2.00. The quantitative estimate of drug-likeness (QED) is 0.906. The van der Waals surface area contributed by atoms with E-state index in [1.54, 1.807) is 7.11 Å². The average molecular weight is 249 g/mol. The summed E-state index contributed by atoms with van der Waals surface area (Å²) in [6, 6.07) is 8.12. The predicted octanol–water partition coefficient (Wildman–Crippen LogP) is 2.76. The van der Waals surface area contributed by atoms with Gasteiger partial charge in [-0.2, -0.15) is 0 Å². The van der Waals surface area contributed by atoms with Crippen molar-refractivity contribution in [2.75, 3.05) is 7.11 Å². The van der Waals surface area contributed by atoms with E-state index in [2.05, 4.69) is 18.0 Å². The van der Waals surface area contributed by atoms with Gasteiger partial charge < -0.3 is 9.84 Å². The van der Waals surface area contributed by atoms with E-state index in [1.807, 2.05) is 18.2 Å². The molecule has 2 aromatic rings. The molecule has 1 heterocycles. The number of hydrogen-bond donors (Lipinski definition) is 1. The number of methoxy groups -OCH3 is 1. The Morgan fingerprint density at radius 1 is 1.35 bits per heavy atom. The van der Waals surface area contributed by atoms with Crippen LogP contribution in [0, 0.1) is 6.92 Å². The zero-order valence-electron chi connectivity index (χ0n) is 9.93. The Hall–Kier alpha value is -1.23. The van der Waals surface area contributed by atoms with E-state index >= 15 is 0 Å². The molecule has 0 unspecified atom stereocenters. The van der Waals surface area contributed by atoms with Gasteiger partial charge >= 0.3 is 0 Å². The van der Waals surface area contributed by atoms with Crippen LogP contribution in [0.25, 0.3) is 10.6 Å². The molecule has 0 atom stereocenters. The number of aliphatic hydroxyl groups is 1. The van der Waals surface area contributed by atoms with Crippen molar-refractivity contribution in [2.24, 2.45) is 0 Å². The molecule has 0 aliphatic carbocycles. The van der Waals surface area contributed by atoms with Gasteiger partial charge in [-0.3, -0.25) is 0 Å². The maximum atomic E-state index is 9.29. The lowest BCUT2D eigenvalue weighted by Crippen LogP contribution is -1.92. The molecule has 0 saturated heterocycles. The Morgan fingerprint density at radius 3 is 2.76 bits per heavy atom. The van der Waals surface area contributed by atoms with E-state index in [0.717, 1.165) is 21.1 Å². The van der Waals surface area contributed by atoms with Crippen LogP contribution in [0.3, 0.4) is 0 Å². The first-order valence-electron chi connectivity index (χ1n) is 5.40. The molecule has 2 rings (SSSR count). The van der Waals surface area contributed by atoms with Gasteiger partial charge in [0.15, 0.2) is 0 Å². The van der Waals surface area contributed by atoms with E-state index in [-0.39, 0.29) is 6.61 Å². The molecule has 3 nitrogen and oxygen atoms in total. The molecule has 0 bridgehead atoms. The van der Waals surface area contributed by atoms with Crippen LogP contribution in [0.1, 0.15) is 16.1 Å². The normalized spacial score (nSPS) is 10.8. The van der Waals surface area contributed by atoms with Crippen LogP contribution in [-0.2, 0) is 18.0 Å². The van der Waals surface area contributed by atoms with Crippen molar-refractivity contribution >= 4 is 11.3 Å². The van der Waals surface area contributed by atoms with E-state index in [0.29, 0.717) is 6.61 Å². The molecule has 1 aromatic heterocycles. The van der Waals surface area contributed by atoms with Crippen LogP contribution in [0.15, 0.2) is 24.3 Å². The maximum absolute atomic E-state index is 9.29. The number of nitrogens with zero attached hydrogens (tertiary/aromatic N) is 1. The van der Waals surface area contributed by atoms with Crippen molar-refractivity contribution in [3.8, 4) is 10.6 Å². The zero-order valence-corrected chi connectivity index (χ0v) is 10.8. The third-order valence-electron chi connectivity index (χ3n) is 2.58. The second-order valence-corrected chi connectivity index (χ2v) is 4.88. The average Bonchev–Trinajstić information content (AvgIpc) is 2.73. The molecule has 0 aliphatic rings. The third-order valence-corrected chi connectivity index (χ3v) is 3.69. The van der Waals surface area contributed by atoms with Crippen molar-refractivity contribution in [2.45, 2.75) is 20.1 Å². The van der Waals surface area contributed by atoms with Crippen LogP contribution in [0.2, 0.25) is 0 Å². The number of aromatic nitrogens is 1. The van der Waals surface area contributed by atoms with Crippen LogP contribution in [0.5, 0.6) is 0 Å². The van der Waals surface area contributed by atoms with Gasteiger partial charge in [0.1, 0.15) is 5.01 Å². The number of aryl methyl sites for hydroxylation is 1. The summed E-state index contributed by atoms with van der Waals surface area (Å²) in [5, 5.41) is 10.2. The highest BCUT2D eigenvalue weighted by Crippen LogP contribution is 2.30. The predicted molar refractivity (Wildman–Crippen MR) is 68.9 cm³/mol. The molecule has 0 fully saturated rings. The Kier molecular flexibility index (Phi) is 3.89. The maximum Gasteiger partial charge on any atom is 0.124 e. The Labute approximate surface area is 105 Å². The molecule has 0 aliphatic heterocycles. The van der Waals surface area contributed by atoms with E-state index in [9.17, 15) is 5.11 Å². The molecule has 0 spiro atoms. The molecule has 90 valence electrons. The molecule has 0 radical (unpaired) electrons. The fourth-order valence-electron chi connectivity index (χ4n) is 1.68. The van der Waals surface area contributed by atoms with Crippen LogP contribution < -0.4 is 0 Å². The minimum Gasteiger partial charge on any atom is -0.391 e. The lowest BCUT2D eigenvalue weighted by atomic mass is 10.1. The lowest BCUT2D eigenvalue weighted by molar-refractivity contribution is 0.179. The van der Waals surface area contributed by atoms with Crippen molar-refractivity contribution < 1.29 is 9.84 Å². The van der Waals surface area contributed by atoms with Crippen LogP contribution >= 0.6 is 11.3 Å². The Bertz CT molecular complexity index is 508. The molecule has 0 amide bonds. The minimum absolute atomic E-state index is 0.0161. The first kappa shape index (κ1) is 12.2. The summed E-state index contributed by atoms with van der Waals surface area (Å²) in [6.07, 6.45) is 0. The summed E-state index contributed by atoms with van der Waals surface area (Å²) in [7, 11) is 1.63. The summed E-state index contributed by atoms with van der Waals surface area (Å²) in [4.78, 5) is 5.42. The topological polar surface area (TPSA) is 42.4 Å². The van der Waals surface area contributed by atoms with E-state index in [4.69, 9.17) is 4.74 Å². The summed E-state index contributed by atoms with van der Waals surface area (Å²) in [5.41, 5.74) is 3.14. The first-order valence-corrected chi connectivity index (χ1v) is 6.22. The summed E-state index contributed by atoms with van der Waals surface area (Å²) in [6.45, 7) is 2.52. The van der Waals surface area contributed by atoms with E-state index < -0.39 is 0 Å². The number of aliphatic hydroxyl groups excluding tert-OH is 1. The Morgan fingerprint density at radius 2 is 2.12 bits per heavy atom. The molecular formula is C13H15NO2S. The van der Waals surface area contributed by atoms with Gasteiger partial charge in [-0.1, -0.05) is 24.3 Å². The third kappa shape index (κ3) is 2.54. The summed E-state index contributed by atoms with van der Waals surface area (Å²) >= 11 is 1.53. The summed E-state index contributed by atoms with van der Waals surface area (Å²) < 4.78 is 5.08. The van der Waals surface area contributed by atoms with Crippen molar-refractivity contribution in [1.29, 1.82) is 0 Å². The van der Waals surface area contributed by atoms with Gasteiger partial charge in [-0.05, 0) is 12.5 Å². The van der Waals surface area contributed by atoms with Gasteiger partial charge in [0.05, 0.1) is 23.8 Å². The number of benzene rings is 1. The smallest absolute Gasteiger partial charge is 0.124 e. The molecule has 1 aromatic carbocycles. The molecular weight excluding hydrogens is 234 g/mol. The van der Waals surface area contributed by atoms with E-state index in [1.165, 1.54) is 16.9 Å². The number of thiazole rings is 1. The molecule has 0 saturated carbocycles. The molecule has 17 heavy (non-hydrogen) atoms. The van der Waals surface area contributed by atoms with Crippen LogP contribution in [0.4, 0.5) is 0 Å². The summed E-state index contributed by atoms with van der Waals surface area (Å²) in [5.74, 6) is 0. The van der Waals surface area contributed by atoms with Crippen molar-refractivity contribution in [1.82, 2.24) is 4.98 Å². The minimum atomic E-state index is 0.0161. The Balaban J connectivity index is 2.43. The highest BCUT2D eigenvalue weighted by Gasteiger charge is 2.12. The SMILES string of the molecule is COCc1nc(-c2ccccc2C)sc1CO. The zero-order chi connectivity index (χ0) is 12.3. The number of ether oxygens (including phenoxy) is 1. The van der Waals surface area contributed by atoms with Gasteiger partial charge in [0.25, 0.3) is 0 Å². The highest BCUT2D eigenvalue weighted by atomic mass is 32.1. The first-order chi connectivity index (χ1) is 8.26. The van der Waals surface area contributed by atoms with Crippen molar-refractivity contribution in [3.63, 3.8) is 0 Å². The largest absolute Gasteiger partial charge is 0.391 e. The number of hydrogen-bond acceptors (Lipinski definition) is 4. The highest BCUT2D eigenvalue weighted by molar-refractivity contribution is 7.15. The van der Waals surface area contributed by atoms with Gasteiger partial charge in [-0.25, -0.2) is 4.98 Å². The van der Waals surface area contributed by atoms with Gasteiger partial charge in [-0.15, -0.1) is 11.3 Å². The molecule has 4 heteroatoms. The fraction of sp³-hybridized carbons (Fsp3) is 0.308. The molecule has 1 N–H and O–H groups in total. The fourth-order valence-corrected chi connectivity index (χ4v) is 2.70. The van der Waals surface area contributed by atoms with Crippen LogP contribution in [-0.4, -0.2) is 17.2 Å². The number of rotatable bonds is 4. The second kappa shape index (κ2) is 5.40. The van der Waals surface area contributed by atoms with Crippen molar-refractivity contribution in [3.05, 3.63) is 40.4 Å². The van der Waals surface area contributed by atoms with Gasteiger partial charge in [0, 0.05) is 12.7 Å². The second-order valence-electron chi connectivity index (χ2n) is 3.79.